The molecular weight excluding hydrogens is 600 g/mol. The van der Waals surface area contributed by atoms with E-state index in [4.69, 9.17) is 21.1 Å². The zero-order chi connectivity index (χ0) is 32.7. The molecule has 1 fully saturated rings. The molecule has 2 aromatic heterocycles. The fourth-order valence-corrected chi connectivity index (χ4v) is 5.60. The maximum absolute atomic E-state index is 12.9. The second-order valence-electron chi connectivity index (χ2n) is 12.2. The summed E-state index contributed by atoms with van der Waals surface area (Å²) >= 11 is 6.99. The van der Waals surface area contributed by atoms with Gasteiger partial charge in [-0.25, -0.2) is 9.78 Å². The van der Waals surface area contributed by atoms with E-state index in [0.29, 0.717) is 10.9 Å². The van der Waals surface area contributed by atoms with Crippen LogP contribution >= 0.6 is 11.6 Å². The molecule has 9 heteroatoms. The predicted octanol–water partition coefficient (Wildman–Crippen LogP) is 7.99. The maximum atomic E-state index is 12.9. The second kappa shape index (κ2) is 14.7. The molecule has 240 valence electrons. The van der Waals surface area contributed by atoms with Crippen molar-refractivity contribution in [2.75, 3.05) is 32.8 Å². The third kappa shape index (κ3) is 7.98. The van der Waals surface area contributed by atoms with E-state index in [1.165, 1.54) is 11.0 Å². The number of nitrogens with one attached hydrogen (secondary N) is 1. The van der Waals surface area contributed by atoms with E-state index >= 15 is 0 Å². The molecule has 0 unspecified atom stereocenters. The Labute approximate surface area is 275 Å². The fourth-order valence-electron chi connectivity index (χ4n) is 5.29. The van der Waals surface area contributed by atoms with Crippen molar-refractivity contribution in [3.05, 3.63) is 107 Å². The smallest absolute Gasteiger partial charge is 0.410 e. The summed E-state index contributed by atoms with van der Waals surface area (Å²) in [4.78, 5) is 36.6. The number of nitrogens with zero attached hydrogens (tertiary/aromatic N) is 3. The van der Waals surface area contributed by atoms with Crippen molar-refractivity contribution in [2.45, 2.75) is 46.1 Å². The molecule has 0 atom stereocenters. The van der Waals surface area contributed by atoms with Crippen molar-refractivity contribution in [1.29, 1.82) is 0 Å². The first kappa shape index (κ1) is 32.8. The number of carbonyl (C=O) groups is 2. The standard InChI is InChI=1S/C37H41ClN4O4/c1-5-28(26-13-7-6-8-14-26)33(35-34(38)29-15-9-10-16-30(29)40-35)27-18-19-31(39-25-27)45-24-23-42(36(44)46-37(2,3)4)20-11-17-32(43)41-21-12-22-41/h6-11,13-19,25,40H,5,12,20-24H2,1-4H3/b17-11+,33-28+. The van der Waals surface area contributed by atoms with Gasteiger partial charge in [-0.2, -0.15) is 0 Å². The number of aromatic amines is 1. The van der Waals surface area contributed by atoms with Crippen molar-refractivity contribution in [3.63, 3.8) is 0 Å². The molecule has 3 heterocycles. The lowest BCUT2D eigenvalue weighted by Crippen LogP contribution is -2.41. The third-order valence-electron chi connectivity index (χ3n) is 7.71. The first-order chi connectivity index (χ1) is 22.1. The van der Waals surface area contributed by atoms with Gasteiger partial charge in [0.1, 0.15) is 12.2 Å². The maximum Gasteiger partial charge on any atom is 0.410 e. The molecule has 2 amide bonds. The van der Waals surface area contributed by atoms with Gasteiger partial charge in [-0.15, -0.1) is 0 Å². The van der Waals surface area contributed by atoms with Crippen molar-refractivity contribution < 1.29 is 19.1 Å². The minimum Gasteiger partial charge on any atom is -0.476 e. The molecule has 8 nitrogen and oxygen atoms in total. The van der Waals surface area contributed by atoms with Gasteiger partial charge < -0.3 is 24.3 Å². The summed E-state index contributed by atoms with van der Waals surface area (Å²) in [5, 5.41) is 1.62. The van der Waals surface area contributed by atoms with Crippen molar-refractivity contribution in [1.82, 2.24) is 19.8 Å². The number of halogens is 1. The van der Waals surface area contributed by atoms with E-state index in [0.717, 1.165) is 64.8 Å². The molecule has 4 aromatic rings. The minimum absolute atomic E-state index is 0.0448. The van der Waals surface area contributed by atoms with E-state index in [1.54, 1.807) is 17.2 Å². The molecule has 0 bridgehead atoms. The number of pyridine rings is 1. The Balaban J connectivity index is 1.35. The van der Waals surface area contributed by atoms with Gasteiger partial charge in [0.2, 0.25) is 11.8 Å². The summed E-state index contributed by atoms with van der Waals surface area (Å²) in [5.41, 5.74) is 5.27. The van der Waals surface area contributed by atoms with Crippen LogP contribution in [0, 0.1) is 0 Å². The highest BCUT2D eigenvalue weighted by atomic mass is 35.5. The number of H-pyrrole nitrogens is 1. The average Bonchev–Trinajstić information content (AvgIpc) is 3.33. The van der Waals surface area contributed by atoms with Crippen LogP contribution < -0.4 is 4.74 Å². The highest BCUT2D eigenvalue weighted by Crippen LogP contribution is 2.40. The first-order valence-electron chi connectivity index (χ1n) is 15.7. The molecule has 1 aliphatic heterocycles. The van der Waals surface area contributed by atoms with Crippen LogP contribution in [0.2, 0.25) is 5.02 Å². The summed E-state index contributed by atoms with van der Waals surface area (Å²) in [7, 11) is 0. The molecule has 2 aromatic carbocycles. The van der Waals surface area contributed by atoms with E-state index < -0.39 is 11.7 Å². The van der Waals surface area contributed by atoms with Gasteiger partial charge in [0.25, 0.3) is 0 Å². The Hall–Kier alpha value is -4.56. The van der Waals surface area contributed by atoms with Gasteiger partial charge in [-0.3, -0.25) is 4.79 Å². The number of carbonyl (C=O) groups excluding carboxylic acids is 2. The number of ether oxygens (including phenoxy) is 2. The zero-order valence-electron chi connectivity index (χ0n) is 26.9. The summed E-state index contributed by atoms with van der Waals surface area (Å²) in [6, 6.07) is 22.1. The quantitative estimate of drug-likeness (QED) is 0.168. The molecular formula is C37H41ClN4O4. The molecule has 46 heavy (non-hydrogen) atoms. The number of likely N-dealkylation sites (tertiary alicyclic amines) is 1. The van der Waals surface area contributed by atoms with E-state index in [1.807, 2.05) is 75.4 Å². The number of para-hydroxylation sites is 1. The Morgan fingerprint density at radius 3 is 2.39 bits per heavy atom. The number of amides is 2. The Bertz CT molecular complexity index is 1720. The molecule has 1 saturated heterocycles. The van der Waals surface area contributed by atoms with E-state index in [2.05, 4.69) is 29.0 Å². The van der Waals surface area contributed by atoms with Crippen LogP contribution in [0.1, 0.15) is 57.4 Å². The number of allylic oxidation sites excluding steroid dienone is 1. The van der Waals surface area contributed by atoms with Crippen LogP contribution in [0.3, 0.4) is 0 Å². The highest BCUT2D eigenvalue weighted by molar-refractivity contribution is 6.38. The number of hydrogen-bond donors (Lipinski definition) is 1. The van der Waals surface area contributed by atoms with Crippen LogP contribution in [0.4, 0.5) is 4.79 Å². The number of rotatable bonds is 11. The van der Waals surface area contributed by atoms with Crippen LogP contribution in [-0.2, 0) is 9.53 Å². The van der Waals surface area contributed by atoms with Crippen LogP contribution in [-0.4, -0.2) is 70.2 Å². The van der Waals surface area contributed by atoms with Crippen molar-refractivity contribution in [2.24, 2.45) is 0 Å². The fraction of sp³-hybridized carbons (Fsp3) is 0.324. The van der Waals surface area contributed by atoms with Gasteiger partial charge in [0.05, 0.1) is 17.3 Å². The van der Waals surface area contributed by atoms with Gasteiger partial charge >= 0.3 is 6.09 Å². The molecule has 0 saturated carbocycles. The largest absolute Gasteiger partial charge is 0.476 e. The third-order valence-corrected chi connectivity index (χ3v) is 8.10. The number of aromatic nitrogens is 2. The summed E-state index contributed by atoms with van der Waals surface area (Å²) < 4.78 is 11.6. The second-order valence-corrected chi connectivity index (χ2v) is 12.6. The van der Waals surface area contributed by atoms with Gasteiger partial charge in [-0.1, -0.05) is 73.1 Å². The monoisotopic (exact) mass is 640 g/mol. The number of fused-ring (bicyclic) bond motifs is 1. The van der Waals surface area contributed by atoms with Gasteiger partial charge in [-0.05, 0) is 56.9 Å². The normalized spacial score (nSPS) is 13.8. The Morgan fingerprint density at radius 2 is 1.76 bits per heavy atom. The lowest BCUT2D eigenvalue weighted by atomic mass is 9.91. The Morgan fingerprint density at radius 1 is 1.02 bits per heavy atom. The molecule has 1 N–H and O–H groups in total. The molecule has 5 rings (SSSR count). The molecule has 1 aliphatic rings. The number of hydrogen-bond acceptors (Lipinski definition) is 5. The van der Waals surface area contributed by atoms with Crippen LogP contribution in [0.25, 0.3) is 22.0 Å². The van der Waals surface area contributed by atoms with Crippen LogP contribution in [0.15, 0.2) is 85.1 Å². The average molecular weight is 641 g/mol. The van der Waals surface area contributed by atoms with Crippen molar-refractivity contribution in [3.8, 4) is 5.88 Å². The molecule has 0 radical (unpaired) electrons. The van der Waals surface area contributed by atoms with E-state index in [9.17, 15) is 9.59 Å². The summed E-state index contributed by atoms with van der Waals surface area (Å²) in [6.45, 7) is 9.82. The van der Waals surface area contributed by atoms with Gasteiger partial charge in [0.15, 0.2) is 0 Å². The first-order valence-corrected chi connectivity index (χ1v) is 16.1. The summed E-state index contributed by atoms with van der Waals surface area (Å²) in [5.74, 6) is 0.382. The van der Waals surface area contributed by atoms with Crippen LogP contribution in [0.5, 0.6) is 5.88 Å². The number of benzene rings is 2. The minimum atomic E-state index is -0.652. The SMILES string of the molecule is CC/C(=C(/c1ccc(OCCN(C/C=C/C(=O)N2CCC2)C(=O)OC(C)(C)C)nc1)c1[nH]c2ccccc2c1Cl)c1ccccc1. The van der Waals surface area contributed by atoms with Crippen molar-refractivity contribution >= 4 is 45.7 Å². The lowest BCUT2D eigenvalue weighted by Gasteiger charge is -2.30. The van der Waals surface area contributed by atoms with E-state index in [-0.39, 0.29) is 25.6 Å². The topological polar surface area (TPSA) is 87.8 Å². The highest BCUT2D eigenvalue weighted by Gasteiger charge is 2.23. The lowest BCUT2D eigenvalue weighted by molar-refractivity contribution is -0.129. The predicted molar refractivity (Wildman–Crippen MR) is 184 cm³/mol. The zero-order valence-corrected chi connectivity index (χ0v) is 27.6. The molecule has 0 spiro atoms. The molecule has 0 aliphatic carbocycles. The summed E-state index contributed by atoms with van der Waals surface area (Å²) in [6.07, 6.45) is 6.33. The Kier molecular flexibility index (Phi) is 10.5. The van der Waals surface area contributed by atoms with Gasteiger partial charge in [0, 0.05) is 60.0 Å².